The smallest absolute Gasteiger partial charge is 0.311 e. The molecule has 0 bridgehead atoms. The van der Waals surface area contributed by atoms with Crippen LogP contribution >= 0.6 is 0 Å². The van der Waals surface area contributed by atoms with Gasteiger partial charge in [-0.25, -0.2) is 0 Å². The Balaban J connectivity index is 1.65. The Morgan fingerprint density at radius 2 is 2.17 bits per heavy atom. The van der Waals surface area contributed by atoms with E-state index in [4.69, 9.17) is 4.74 Å². The Hall–Kier alpha value is -2.64. The van der Waals surface area contributed by atoms with E-state index in [1.165, 1.54) is 23.1 Å². The molecule has 2 atom stereocenters. The Kier molecular flexibility index (Phi) is 4.13. The summed E-state index contributed by atoms with van der Waals surface area (Å²) in [7, 11) is 0. The van der Waals surface area contributed by atoms with Crippen molar-refractivity contribution in [2.24, 2.45) is 11.3 Å². The first-order chi connectivity index (χ1) is 11.4. The van der Waals surface area contributed by atoms with Gasteiger partial charge in [0.1, 0.15) is 0 Å². The minimum Gasteiger partial charge on any atom is -0.481 e. The summed E-state index contributed by atoms with van der Waals surface area (Å²) < 4.78 is 5.31. The molecule has 2 fully saturated rings. The number of fused-ring (bicyclic) bond motifs is 1. The number of nitro benzene ring substituents is 1. The highest BCUT2D eigenvalue weighted by molar-refractivity contribution is 5.82. The lowest BCUT2D eigenvalue weighted by molar-refractivity contribution is -0.385. The zero-order chi connectivity index (χ0) is 17.3. The maximum absolute atomic E-state index is 12.3. The Labute approximate surface area is 138 Å². The zero-order valence-electron chi connectivity index (χ0n) is 13.0. The fourth-order valence-electron chi connectivity index (χ4n) is 3.79. The highest BCUT2D eigenvalue weighted by Crippen LogP contribution is 2.48. The van der Waals surface area contributed by atoms with Crippen LogP contribution in [0.2, 0.25) is 0 Å². The average Bonchev–Trinajstić information content (AvgIpc) is 3.11. The van der Waals surface area contributed by atoms with Crippen LogP contribution in [-0.4, -0.2) is 46.5 Å². The first-order valence-electron chi connectivity index (χ1n) is 7.81. The van der Waals surface area contributed by atoms with E-state index in [1.807, 2.05) is 0 Å². The number of nitrogens with zero attached hydrogens (tertiary/aromatic N) is 2. The van der Waals surface area contributed by atoms with Crippen molar-refractivity contribution in [1.82, 2.24) is 4.90 Å². The molecule has 1 saturated heterocycles. The topological polar surface area (TPSA) is 110 Å². The van der Waals surface area contributed by atoms with Crippen LogP contribution in [0.4, 0.5) is 5.69 Å². The molecule has 24 heavy (non-hydrogen) atoms. The van der Waals surface area contributed by atoms with Crippen molar-refractivity contribution < 1.29 is 24.4 Å². The molecule has 2 aliphatic rings. The number of aliphatic carboxylic acids is 1. The van der Waals surface area contributed by atoms with Crippen molar-refractivity contribution in [2.45, 2.75) is 19.3 Å². The molecule has 1 saturated carbocycles. The number of hydrogen-bond donors (Lipinski definition) is 1. The van der Waals surface area contributed by atoms with Gasteiger partial charge in [-0.1, -0.05) is 18.6 Å². The summed E-state index contributed by atoms with van der Waals surface area (Å²) in [5.74, 6) is -1.18. The molecule has 1 N–H and O–H groups in total. The zero-order valence-corrected chi connectivity index (χ0v) is 13.0. The summed E-state index contributed by atoms with van der Waals surface area (Å²) in [4.78, 5) is 35.8. The molecular formula is C16H18N2O6. The third-order valence-corrected chi connectivity index (χ3v) is 5.06. The van der Waals surface area contributed by atoms with Crippen LogP contribution in [-0.2, 0) is 9.59 Å². The Bertz CT molecular complexity index is 691. The normalized spacial score (nSPS) is 25.3. The number of hydrogen-bond acceptors (Lipinski definition) is 5. The number of benzene rings is 1. The summed E-state index contributed by atoms with van der Waals surface area (Å²) in [5.41, 5.74) is -1.04. The second-order valence-electron chi connectivity index (χ2n) is 6.34. The maximum Gasteiger partial charge on any atom is 0.311 e. The van der Waals surface area contributed by atoms with Crippen LogP contribution < -0.4 is 4.74 Å². The first-order valence-corrected chi connectivity index (χ1v) is 7.81. The molecule has 128 valence electrons. The fraction of sp³-hybridized carbons (Fsp3) is 0.500. The van der Waals surface area contributed by atoms with Crippen molar-refractivity contribution in [1.29, 1.82) is 0 Å². The van der Waals surface area contributed by atoms with Crippen molar-refractivity contribution in [3.8, 4) is 5.75 Å². The molecule has 1 aliphatic carbocycles. The maximum atomic E-state index is 12.3. The van der Waals surface area contributed by atoms with E-state index >= 15 is 0 Å². The lowest BCUT2D eigenvalue weighted by atomic mass is 9.81. The van der Waals surface area contributed by atoms with Gasteiger partial charge < -0.3 is 14.7 Å². The third-order valence-electron chi connectivity index (χ3n) is 5.06. The number of likely N-dealkylation sites (tertiary alicyclic amines) is 1. The molecule has 3 rings (SSSR count). The third kappa shape index (κ3) is 2.68. The standard InChI is InChI=1S/C16H18N2O6/c19-14(9-24-13-6-2-1-5-12(13)18(22)23)17-8-11-4-3-7-16(11,10-17)15(20)21/h1-2,5-6,11H,3-4,7-10H2,(H,20,21)/t11-,16+/m0/s1. The first kappa shape index (κ1) is 16.2. The average molecular weight is 334 g/mol. The SMILES string of the molecule is O=C(COc1ccccc1[N+](=O)[O-])N1C[C@@H]2CCC[C@@]2(C(=O)O)C1. The van der Waals surface area contributed by atoms with Crippen molar-refractivity contribution in [2.75, 3.05) is 19.7 Å². The van der Waals surface area contributed by atoms with Gasteiger partial charge in [-0.2, -0.15) is 0 Å². The van der Waals surface area contributed by atoms with Gasteiger partial charge in [-0.05, 0) is 24.8 Å². The number of ether oxygens (including phenoxy) is 1. The van der Waals surface area contributed by atoms with Crippen LogP contribution in [0.1, 0.15) is 19.3 Å². The summed E-state index contributed by atoms with van der Waals surface area (Å²) in [6.45, 7) is 0.255. The molecular weight excluding hydrogens is 316 g/mol. The van der Waals surface area contributed by atoms with Gasteiger partial charge in [-0.15, -0.1) is 0 Å². The number of nitro groups is 1. The number of para-hydroxylation sites is 2. The van der Waals surface area contributed by atoms with Crippen molar-refractivity contribution in [3.05, 3.63) is 34.4 Å². The van der Waals surface area contributed by atoms with E-state index in [9.17, 15) is 24.8 Å². The second kappa shape index (κ2) is 6.10. The van der Waals surface area contributed by atoms with Crippen LogP contribution in [0.15, 0.2) is 24.3 Å². The van der Waals surface area contributed by atoms with E-state index in [0.717, 1.165) is 12.8 Å². The number of amides is 1. The molecule has 8 nitrogen and oxygen atoms in total. The number of carboxylic acids is 1. The van der Waals surface area contributed by atoms with E-state index in [-0.39, 0.29) is 36.4 Å². The Morgan fingerprint density at radius 3 is 2.83 bits per heavy atom. The van der Waals surface area contributed by atoms with Crippen LogP contribution in [0, 0.1) is 21.4 Å². The molecule has 8 heteroatoms. The van der Waals surface area contributed by atoms with Gasteiger partial charge >= 0.3 is 11.7 Å². The predicted octanol–water partition coefficient (Wildman–Crippen LogP) is 1.69. The van der Waals surface area contributed by atoms with Crippen molar-refractivity contribution in [3.63, 3.8) is 0 Å². The molecule has 0 aromatic heterocycles. The number of carbonyl (C=O) groups is 2. The highest BCUT2D eigenvalue weighted by atomic mass is 16.6. The molecule has 0 radical (unpaired) electrons. The summed E-state index contributed by atoms with van der Waals surface area (Å²) in [6, 6.07) is 5.85. The molecule has 0 unspecified atom stereocenters. The van der Waals surface area contributed by atoms with Crippen molar-refractivity contribution >= 4 is 17.6 Å². The molecule has 0 spiro atoms. The van der Waals surface area contributed by atoms with E-state index in [1.54, 1.807) is 6.07 Å². The predicted molar refractivity (Wildman–Crippen MR) is 82.6 cm³/mol. The van der Waals surface area contributed by atoms with Gasteiger partial charge in [0.15, 0.2) is 12.4 Å². The number of rotatable bonds is 5. The highest BCUT2D eigenvalue weighted by Gasteiger charge is 2.55. The van der Waals surface area contributed by atoms with Gasteiger partial charge in [0.2, 0.25) is 0 Å². The summed E-state index contributed by atoms with van der Waals surface area (Å²) in [6.07, 6.45) is 2.26. The molecule has 1 amide bonds. The van der Waals surface area contributed by atoms with Gasteiger partial charge in [-0.3, -0.25) is 19.7 Å². The monoisotopic (exact) mass is 334 g/mol. The number of carboxylic acid groups (broad SMARTS) is 1. The lowest BCUT2D eigenvalue weighted by Crippen LogP contribution is -2.38. The molecule has 1 heterocycles. The molecule has 1 aliphatic heterocycles. The summed E-state index contributed by atoms with van der Waals surface area (Å²) in [5, 5.41) is 20.5. The van der Waals surface area contributed by atoms with E-state index in [2.05, 4.69) is 0 Å². The van der Waals surface area contributed by atoms with E-state index < -0.39 is 16.3 Å². The quantitative estimate of drug-likeness (QED) is 0.648. The second-order valence-corrected chi connectivity index (χ2v) is 6.34. The summed E-state index contributed by atoms with van der Waals surface area (Å²) >= 11 is 0. The van der Waals surface area contributed by atoms with E-state index in [0.29, 0.717) is 13.0 Å². The van der Waals surface area contributed by atoms with Crippen LogP contribution in [0.25, 0.3) is 0 Å². The Morgan fingerprint density at radius 1 is 1.42 bits per heavy atom. The minimum absolute atomic E-state index is 0.0231. The van der Waals surface area contributed by atoms with Gasteiger partial charge in [0, 0.05) is 19.2 Å². The fourth-order valence-corrected chi connectivity index (χ4v) is 3.79. The van der Waals surface area contributed by atoms with Gasteiger partial charge in [0.25, 0.3) is 5.91 Å². The largest absolute Gasteiger partial charge is 0.481 e. The molecule has 1 aromatic rings. The minimum atomic E-state index is -0.847. The van der Waals surface area contributed by atoms with Gasteiger partial charge in [0.05, 0.1) is 10.3 Å². The van der Waals surface area contributed by atoms with Crippen LogP contribution in [0.5, 0.6) is 5.75 Å². The molecule has 1 aromatic carbocycles. The van der Waals surface area contributed by atoms with Crippen LogP contribution in [0.3, 0.4) is 0 Å². The number of carbonyl (C=O) groups excluding carboxylic acids is 1. The lowest BCUT2D eigenvalue weighted by Gasteiger charge is -2.23.